The highest BCUT2D eigenvalue weighted by Gasteiger charge is 2.07. The van der Waals surface area contributed by atoms with Crippen LogP contribution in [0.1, 0.15) is 22.3 Å². The van der Waals surface area contributed by atoms with Crippen LogP contribution in [0.5, 0.6) is 0 Å². The number of carbonyl (C=O) groups is 1. The van der Waals surface area contributed by atoms with Crippen LogP contribution in [-0.2, 0) is 11.3 Å². The van der Waals surface area contributed by atoms with Crippen molar-refractivity contribution in [3.63, 3.8) is 0 Å². The average Bonchev–Trinajstić information content (AvgIpc) is 2.27. The molecule has 0 saturated carbocycles. The maximum Gasteiger partial charge on any atom is 0.407 e. The van der Waals surface area contributed by atoms with Crippen LogP contribution in [0.4, 0.5) is 4.79 Å². The van der Waals surface area contributed by atoms with Crippen LogP contribution in [0.15, 0.2) is 12.1 Å². The maximum absolute atomic E-state index is 11.4. The molecule has 4 heteroatoms. The van der Waals surface area contributed by atoms with Crippen molar-refractivity contribution in [1.29, 1.82) is 0 Å². The summed E-state index contributed by atoms with van der Waals surface area (Å²) in [6, 6.07) is 4.20. The molecule has 0 saturated heterocycles. The SMILES string of the molecule is CNCCNC(=O)OCc1c(C)cc(C)cc1C. The smallest absolute Gasteiger partial charge is 0.407 e. The Bertz CT molecular complexity index is 393. The Morgan fingerprint density at radius 2 is 1.78 bits per heavy atom. The van der Waals surface area contributed by atoms with Gasteiger partial charge >= 0.3 is 6.09 Å². The van der Waals surface area contributed by atoms with Crippen LogP contribution in [0, 0.1) is 20.8 Å². The molecule has 1 aromatic rings. The van der Waals surface area contributed by atoms with Crippen molar-refractivity contribution in [2.24, 2.45) is 0 Å². The Labute approximate surface area is 109 Å². The highest BCUT2D eigenvalue weighted by Crippen LogP contribution is 2.17. The van der Waals surface area contributed by atoms with Gasteiger partial charge in [0.2, 0.25) is 0 Å². The number of aryl methyl sites for hydroxylation is 3. The zero-order valence-corrected chi connectivity index (χ0v) is 11.6. The molecule has 0 atom stereocenters. The van der Waals surface area contributed by atoms with Crippen molar-refractivity contribution in [2.45, 2.75) is 27.4 Å². The Morgan fingerprint density at radius 1 is 1.17 bits per heavy atom. The molecule has 1 rings (SSSR count). The number of amides is 1. The molecule has 100 valence electrons. The lowest BCUT2D eigenvalue weighted by atomic mass is 10.0. The first-order valence-corrected chi connectivity index (χ1v) is 6.16. The molecule has 2 N–H and O–H groups in total. The molecule has 18 heavy (non-hydrogen) atoms. The molecule has 0 aliphatic carbocycles. The number of ether oxygens (including phenoxy) is 1. The fourth-order valence-electron chi connectivity index (χ4n) is 1.92. The molecule has 0 bridgehead atoms. The van der Waals surface area contributed by atoms with E-state index < -0.39 is 0 Å². The molecule has 1 aromatic carbocycles. The molecule has 4 nitrogen and oxygen atoms in total. The number of rotatable bonds is 5. The molecule has 0 aliphatic rings. The Hall–Kier alpha value is -1.55. The molecule has 0 aliphatic heterocycles. The van der Waals surface area contributed by atoms with Crippen LogP contribution in [0.2, 0.25) is 0 Å². The molecule has 0 spiro atoms. The van der Waals surface area contributed by atoms with Gasteiger partial charge in [0.05, 0.1) is 0 Å². The van der Waals surface area contributed by atoms with E-state index >= 15 is 0 Å². The second kappa shape index (κ2) is 7.01. The highest BCUT2D eigenvalue weighted by molar-refractivity contribution is 5.67. The first kappa shape index (κ1) is 14.5. The van der Waals surface area contributed by atoms with Gasteiger partial charge in [-0.3, -0.25) is 0 Å². The van der Waals surface area contributed by atoms with Crippen LogP contribution in [-0.4, -0.2) is 26.2 Å². The summed E-state index contributed by atoms with van der Waals surface area (Å²) >= 11 is 0. The number of nitrogens with one attached hydrogen (secondary N) is 2. The second-order valence-corrected chi connectivity index (χ2v) is 4.48. The normalized spacial score (nSPS) is 10.2. The third-order valence-corrected chi connectivity index (χ3v) is 2.83. The summed E-state index contributed by atoms with van der Waals surface area (Å²) in [5, 5.41) is 5.63. The molecular formula is C14H22N2O2. The summed E-state index contributed by atoms with van der Waals surface area (Å²) in [5.74, 6) is 0. The van der Waals surface area contributed by atoms with Crippen molar-refractivity contribution >= 4 is 6.09 Å². The number of alkyl carbamates (subject to hydrolysis) is 1. The standard InChI is InChI=1S/C14H22N2O2/c1-10-7-11(2)13(12(3)8-10)9-18-14(17)16-6-5-15-4/h7-8,15H,5-6,9H2,1-4H3,(H,16,17). The van der Waals surface area contributed by atoms with Gasteiger partial charge in [0.15, 0.2) is 0 Å². The summed E-state index contributed by atoms with van der Waals surface area (Å²) in [5.41, 5.74) is 4.64. The maximum atomic E-state index is 11.4. The van der Waals surface area contributed by atoms with Crippen molar-refractivity contribution in [3.05, 3.63) is 34.4 Å². The van der Waals surface area contributed by atoms with E-state index in [4.69, 9.17) is 4.74 Å². The minimum Gasteiger partial charge on any atom is -0.445 e. The monoisotopic (exact) mass is 250 g/mol. The molecule has 0 heterocycles. The Balaban J connectivity index is 2.51. The van der Waals surface area contributed by atoms with Crippen molar-refractivity contribution < 1.29 is 9.53 Å². The summed E-state index contributed by atoms with van der Waals surface area (Å²) in [7, 11) is 1.84. The minimum absolute atomic E-state index is 0.323. The molecule has 0 radical (unpaired) electrons. The van der Waals surface area contributed by atoms with E-state index in [2.05, 4.69) is 29.7 Å². The van der Waals surface area contributed by atoms with Gasteiger partial charge in [-0.1, -0.05) is 17.7 Å². The molecule has 1 amide bonds. The Morgan fingerprint density at radius 3 is 2.33 bits per heavy atom. The Kier molecular flexibility index (Phi) is 5.65. The van der Waals surface area contributed by atoms with Crippen LogP contribution in [0.3, 0.4) is 0 Å². The van der Waals surface area contributed by atoms with Gasteiger partial charge in [0.1, 0.15) is 6.61 Å². The predicted molar refractivity (Wildman–Crippen MR) is 72.8 cm³/mol. The van der Waals surface area contributed by atoms with E-state index in [-0.39, 0.29) is 6.09 Å². The van der Waals surface area contributed by atoms with Gasteiger partial charge in [-0.25, -0.2) is 4.79 Å². The summed E-state index contributed by atoms with van der Waals surface area (Å²) in [6.45, 7) is 7.77. The molecular weight excluding hydrogens is 228 g/mol. The highest BCUT2D eigenvalue weighted by atomic mass is 16.5. The number of likely N-dealkylation sites (N-methyl/N-ethyl adjacent to an activating group) is 1. The van der Waals surface area contributed by atoms with Crippen LogP contribution >= 0.6 is 0 Å². The van der Waals surface area contributed by atoms with Crippen molar-refractivity contribution in [3.8, 4) is 0 Å². The lowest BCUT2D eigenvalue weighted by Crippen LogP contribution is -2.30. The van der Waals surface area contributed by atoms with Gasteiger partial charge in [-0.2, -0.15) is 0 Å². The molecule has 0 aromatic heterocycles. The first-order valence-electron chi connectivity index (χ1n) is 6.16. The number of hydrogen-bond donors (Lipinski definition) is 2. The van der Waals surface area contributed by atoms with E-state index in [0.29, 0.717) is 13.2 Å². The summed E-state index contributed by atoms with van der Waals surface area (Å²) in [6.07, 6.45) is -0.371. The van der Waals surface area contributed by atoms with E-state index in [0.717, 1.165) is 23.2 Å². The number of carbonyl (C=O) groups excluding carboxylic acids is 1. The summed E-state index contributed by atoms with van der Waals surface area (Å²) < 4.78 is 5.20. The fourth-order valence-corrected chi connectivity index (χ4v) is 1.92. The molecule has 0 unspecified atom stereocenters. The third-order valence-electron chi connectivity index (χ3n) is 2.83. The third kappa shape index (κ3) is 4.37. The number of hydrogen-bond acceptors (Lipinski definition) is 3. The van der Waals surface area contributed by atoms with Gasteiger partial charge in [-0.15, -0.1) is 0 Å². The largest absolute Gasteiger partial charge is 0.445 e. The zero-order valence-electron chi connectivity index (χ0n) is 11.6. The quantitative estimate of drug-likeness (QED) is 0.786. The van der Waals surface area contributed by atoms with Gasteiger partial charge in [-0.05, 0) is 44.5 Å². The van der Waals surface area contributed by atoms with E-state index in [1.807, 2.05) is 20.9 Å². The zero-order chi connectivity index (χ0) is 13.5. The van der Waals surface area contributed by atoms with Crippen LogP contribution in [0.25, 0.3) is 0 Å². The lowest BCUT2D eigenvalue weighted by Gasteiger charge is -2.12. The van der Waals surface area contributed by atoms with Gasteiger partial charge in [0.25, 0.3) is 0 Å². The average molecular weight is 250 g/mol. The minimum atomic E-state index is -0.371. The second-order valence-electron chi connectivity index (χ2n) is 4.48. The fraction of sp³-hybridized carbons (Fsp3) is 0.500. The van der Waals surface area contributed by atoms with Crippen LogP contribution < -0.4 is 10.6 Å². The van der Waals surface area contributed by atoms with E-state index in [9.17, 15) is 4.79 Å². The topological polar surface area (TPSA) is 50.4 Å². The predicted octanol–water partition coefficient (Wildman–Crippen LogP) is 2.06. The van der Waals surface area contributed by atoms with Gasteiger partial charge in [0, 0.05) is 13.1 Å². The number of benzene rings is 1. The van der Waals surface area contributed by atoms with Gasteiger partial charge < -0.3 is 15.4 Å². The lowest BCUT2D eigenvalue weighted by molar-refractivity contribution is 0.139. The van der Waals surface area contributed by atoms with Crippen molar-refractivity contribution in [1.82, 2.24) is 10.6 Å². The first-order chi connectivity index (χ1) is 8.54. The molecule has 0 fully saturated rings. The van der Waals surface area contributed by atoms with E-state index in [1.165, 1.54) is 5.56 Å². The van der Waals surface area contributed by atoms with Crippen molar-refractivity contribution in [2.75, 3.05) is 20.1 Å². The summed E-state index contributed by atoms with van der Waals surface area (Å²) in [4.78, 5) is 11.4. The van der Waals surface area contributed by atoms with E-state index in [1.54, 1.807) is 0 Å².